The van der Waals surface area contributed by atoms with Gasteiger partial charge in [-0.15, -0.1) is 0 Å². The predicted molar refractivity (Wildman–Crippen MR) is 115 cm³/mol. The molecule has 1 aromatic heterocycles. The number of fused-ring (bicyclic) bond motifs is 1. The molecule has 8 nitrogen and oxygen atoms in total. The van der Waals surface area contributed by atoms with Gasteiger partial charge in [0.1, 0.15) is 11.6 Å². The number of halogens is 5. The van der Waals surface area contributed by atoms with Crippen molar-refractivity contribution < 1.29 is 26.0 Å². The number of alkyl halides is 1. The predicted octanol–water partition coefficient (Wildman–Crippen LogP) is 3.45. The topological polar surface area (TPSA) is 96.3 Å². The molecule has 0 amide bonds. The molecule has 1 unspecified atom stereocenters. The molecule has 0 saturated carbocycles. The van der Waals surface area contributed by atoms with Crippen LogP contribution in [0.15, 0.2) is 29.3 Å². The summed E-state index contributed by atoms with van der Waals surface area (Å²) in [7, 11) is -2.96. The number of rotatable bonds is 5. The number of hydrogen-bond acceptors (Lipinski definition) is 5. The van der Waals surface area contributed by atoms with Crippen LogP contribution >= 0.6 is 11.6 Å². The van der Waals surface area contributed by atoms with E-state index in [-0.39, 0.29) is 18.5 Å². The summed E-state index contributed by atoms with van der Waals surface area (Å²) in [5.41, 5.74) is -2.40. The minimum Gasteiger partial charge on any atom is -0.349 e. The first kappa shape index (κ1) is 23.3. The Hall–Kier alpha value is -2.90. The van der Waals surface area contributed by atoms with Crippen molar-refractivity contribution in [2.45, 2.75) is 12.6 Å². The van der Waals surface area contributed by atoms with Gasteiger partial charge >= 0.3 is 10.2 Å². The van der Waals surface area contributed by atoms with Crippen molar-refractivity contribution in [1.29, 1.82) is 0 Å². The summed E-state index contributed by atoms with van der Waals surface area (Å²) in [5, 5.41) is 1.29. The highest BCUT2D eigenvalue weighted by Crippen LogP contribution is 2.38. The molecular formula is C19H16ClF4N5O3S. The molecule has 1 fully saturated rings. The first-order valence-electron chi connectivity index (χ1n) is 9.50. The molecule has 1 saturated heterocycles. The number of anilines is 3. The van der Waals surface area contributed by atoms with E-state index in [1.807, 2.05) is 4.72 Å². The molecule has 2 heterocycles. The molecule has 3 aromatic rings. The standard InChI is InChI=1S/C19H16ClF4N5O3S/c1-28-8-25-11-2-3-12(17(24)14(11)19(28)30)26-18-15(20)13(6-10(22)16(18)23)27-33(31,32)29-5-4-9(21)7-29/h2-3,6,8-9,26-27H,4-5,7H2,1H3. The minimum absolute atomic E-state index is 0.00517. The first-order chi connectivity index (χ1) is 15.5. The molecule has 0 spiro atoms. The van der Waals surface area contributed by atoms with Gasteiger partial charge in [-0.2, -0.15) is 12.7 Å². The number of nitrogens with one attached hydrogen (secondary N) is 2. The summed E-state index contributed by atoms with van der Waals surface area (Å²) in [4.78, 5) is 16.2. The minimum atomic E-state index is -4.32. The third-order valence-corrected chi connectivity index (χ3v) is 6.99. The Balaban J connectivity index is 1.75. The van der Waals surface area contributed by atoms with E-state index in [1.54, 1.807) is 0 Å². The Bertz CT molecular complexity index is 1430. The molecule has 33 heavy (non-hydrogen) atoms. The molecule has 2 N–H and O–H groups in total. The Morgan fingerprint density at radius 3 is 2.58 bits per heavy atom. The molecular weight excluding hydrogens is 490 g/mol. The highest BCUT2D eigenvalue weighted by molar-refractivity contribution is 7.90. The summed E-state index contributed by atoms with van der Waals surface area (Å²) < 4.78 is 86.1. The van der Waals surface area contributed by atoms with E-state index in [4.69, 9.17) is 11.6 Å². The maximum Gasteiger partial charge on any atom is 0.301 e. The zero-order valence-corrected chi connectivity index (χ0v) is 18.4. The Morgan fingerprint density at radius 2 is 1.91 bits per heavy atom. The molecule has 1 atom stereocenters. The maximum atomic E-state index is 15.0. The van der Waals surface area contributed by atoms with Crippen LogP contribution in [0.1, 0.15) is 6.42 Å². The molecule has 14 heteroatoms. The lowest BCUT2D eigenvalue weighted by atomic mass is 10.2. The van der Waals surface area contributed by atoms with Gasteiger partial charge in [-0.05, 0) is 18.6 Å². The maximum absolute atomic E-state index is 15.0. The molecule has 0 aliphatic carbocycles. The summed E-state index contributed by atoms with van der Waals surface area (Å²) in [6, 6.07) is 2.94. The van der Waals surface area contributed by atoms with Crippen LogP contribution in [-0.2, 0) is 17.3 Å². The van der Waals surface area contributed by atoms with Gasteiger partial charge in [0.05, 0.1) is 33.9 Å². The van der Waals surface area contributed by atoms with Crippen LogP contribution in [0, 0.1) is 17.5 Å². The van der Waals surface area contributed by atoms with Gasteiger partial charge in [0, 0.05) is 26.2 Å². The number of nitrogens with zero attached hydrogens (tertiary/aromatic N) is 3. The van der Waals surface area contributed by atoms with Gasteiger partial charge in [-0.3, -0.25) is 9.52 Å². The van der Waals surface area contributed by atoms with Crippen molar-refractivity contribution in [3.05, 3.63) is 57.4 Å². The fourth-order valence-electron chi connectivity index (χ4n) is 3.38. The molecule has 0 bridgehead atoms. The van der Waals surface area contributed by atoms with Crippen molar-refractivity contribution >= 4 is 49.8 Å². The summed E-state index contributed by atoms with van der Waals surface area (Å²) in [5.74, 6) is -4.08. The summed E-state index contributed by atoms with van der Waals surface area (Å²) in [6.45, 7) is -0.499. The van der Waals surface area contributed by atoms with Crippen molar-refractivity contribution in [1.82, 2.24) is 13.9 Å². The zero-order chi connectivity index (χ0) is 24.1. The van der Waals surface area contributed by atoms with Crippen LogP contribution in [0.3, 0.4) is 0 Å². The summed E-state index contributed by atoms with van der Waals surface area (Å²) in [6.07, 6.45) is -0.156. The molecule has 0 radical (unpaired) electrons. The Kier molecular flexibility index (Phi) is 5.97. The fraction of sp³-hybridized carbons (Fsp3) is 0.263. The fourth-order valence-corrected chi connectivity index (χ4v) is 4.94. The van der Waals surface area contributed by atoms with Gasteiger partial charge in [0.15, 0.2) is 17.5 Å². The highest BCUT2D eigenvalue weighted by Gasteiger charge is 2.32. The second-order valence-electron chi connectivity index (χ2n) is 7.37. The first-order valence-corrected chi connectivity index (χ1v) is 11.3. The monoisotopic (exact) mass is 505 g/mol. The molecule has 176 valence electrons. The molecule has 4 rings (SSSR count). The van der Waals surface area contributed by atoms with Crippen LogP contribution in [0.25, 0.3) is 10.9 Å². The van der Waals surface area contributed by atoms with Crippen molar-refractivity contribution in [2.24, 2.45) is 7.05 Å². The highest BCUT2D eigenvalue weighted by atomic mass is 35.5. The van der Waals surface area contributed by atoms with E-state index in [0.717, 1.165) is 14.9 Å². The third kappa shape index (κ3) is 4.23. The van der Waals surface area contributed by atoms with Gasteiger partial charge < -0.3 is 9.88 Å². The average Bonchev–Trinajstić information content (AvgIpc) is 3.20. The smallest absolute Gasteiger partial charge is 0.301 e. The average molecular weight is 506 g/mol. The lowest BCUT2D eigenvalue weighted by Gasteiger charge is -2.19. The number of hydrogen-bond donors (Lipinski definition) is 2. The van der Waals surface area contributed by atoms with Gasteiger partial charge in [0.25, 0.3) is 5.56 Å². The zero-order valence-electron chi connectivity index (χ0n) is 16.9. The third-order valence-electron chi connectivity index (χ3n) is 5.11. The van der Waals surface area contributed by atoms with Gasteiger partial charge in [0.2, 0.25) is 0 Å². The normalized spacial score (nSPS) is 17.0. The number of benzene rings is 2. The van der Waals surface area contributed by atoms with E-state index in [9.17, 15) is 26.4 Å². The molecule has 2 aromatic carbocycles. The van der Waals surface area contributed by atoms with Crippen molar-refractivity contribution in [2.75, 3.05) is 23.1 Å². The van der Waals surface area contributed by atoms with Crippen LogP contribution < -0.4 is 15.6 Å². The second-order valence-corrected chi connectivity index (χ2v) is 9.42. The molecule has 1 aliphatic rings. The van der Waals surface area contributed by atoms with Gasteiger partial charge in [-0.25, -0.2) is 22.5 Å². The molecule has 1 aliphatic heterocycles. The lowest BCUT2D eigenvalue weighted by Crippen LogP contribution is -2.34. The lowest BCUT2D eigenvalue weighted by molar-refractivity contribution is 0.343. The van der Waals surface area contributed by atoms with Crippen LogP contribution in [-0.4, -0.2) is 41.5 Å². The second kappa shape index (κ2) is 8.47. The number of aromatic nitrogens is 2. The van der Waals surface area contributed by atoms with E-state index >= 15 is 4.39 Å². The van der Waals surface area contributed by atoms with E-state index < -0.39 is 73.4 Å². The summed E-state index contributed by atoms with van der Waals surface area (Å²) >= 11 is 6.12. The van der Waals surface area contributed by atoms with E-state index in [1.165, 1.54) is 19.4 Å². The SMILES string of the molecule is Cn1cnc2ccc(Nc3c(F)c(F)cc(NS(=O)(=O)N4CCC(F)C4)c3Cl)c(F)c2c1=O. The quantitative estimate of drug-likeness (QED) is 0.409. The van der Waals surface area contributed by atoms with Crippen molar-refractivity contribution in [3.63, 3.8) is 0 Å². The Morgan fingerprint density at radius 1 is 1.18 bits per heavy atom. The van der Waals surface area contributed by atoms with Gasteiger partial charge in [-0.1, -0.05) is 11.6 Å². The van der Waals surface area contributed by atoms with Crippen LogP contribution in [0.4, 0.5) is 34.6 Å². The van der Waals surface area contributed by atoms with Crippen LogP contribution in [0.5, 0.6) is 0 Å². The number of aryl methyl sites for hydroxylation is 1. The van der Waals surface area contributed by atoms with E-state index in [0.29, 0.717) is 6.07 Å². The van der Waals surface area contributed by atoms with E-state index in [2.05, 4.69) is 10.3 Å². The van der Waals surface area contributed by atoms with Crippen molar-refractivity contribution in [3.8, 4) is 0 Å². The largest absolute Gasteiger partial charge is 0.349 e. The van der Waals surface area contributed by atoms with Crippen LogP contribution in [0.2, 0.25) is 5.02 Å². The Labute approximate surface area is 190 Å².